The number of nitrogens with zero attached hydrogens (tertiary/aromatic N) is 3. The Morgan fingerprint density at radius 2 is 1.73 bits per heavy atom. The van der Waals surface area contributed by atoms with Gasteiger partial charge in [0.25, 0.3) is 5.91 Å². The highest BCUT2D eigenvalue weighted by Gasteiger charge is 2.51. The molecule has 0 unspecified atom stereocenters. The summed E-state index contributed by atoms with van der Waals surface area (Å²) in [6.45, 7) is 0. The molecular weight excluding hydrogens is 523 g/mol. The molecule has 3 heterocycles. The van der Waals surface area contributed by atoms with Crippen molar-refractivity contribution >= 4 is 22.4 Å². The molecule has 2 aromatic heterocycles. The lowest BCUT2D eigenvalue weighted by atomic mass is 9.79. The first-order valence-electron chi connectivity index (χ1n) is 11.0. The maximum absolute atomic E-state index is 14.0. The van der Waals surface area contributed by atoms with Gasteiger partial charge in [0.05, 0.1) is 30.4 Å². The van der Waals surface area contributed by atoms with E-state index in [9.17, 15) is 26.7 Å². The molecule has 1 amide bonds. The number of alkyl halides is 5. The van der Waals surface area contributed by atoms with Crippen molar-refractivity contribution in [3.05, 3.63) is 40.5 Å². The van der Waals surface area contributed by atoms with Crippen LogP contribution in [0.2, 0.25) is 0 Å². The van der Waals surface area contributed by atoms with Crippen molar-refractivity contribution < 1.29 is 41.0 Å². The van der Waals surface area contributed by atoms with Gasteiger partial charge in [-0.25, -0.2) is 23.7 Å². The smallest absolute Gasteiger partial charge is 0.416 e. The van der Waals surface area contributed by atoms with Crippen LogP contribution in [0.3, 0.4) is 0 Å². The van der Waals surface area contributed by atoms with Crippen molar-refractivity contribution in [2.75, 3.05) is 19.5 Å². The Labute approximate surface area is 210 Å². The molecular formula is C23H19F5N4O4S. The number of hydrogen-bond acceptors (Lipinski definition) is 8. The Hall–Kier alpha value is -3.55. The average Bonchev–Trinajstić information content (AvgIpc) is 3.29. The van der Waals surface area contributed by atoms with Crippen LogP contribution in [0.15, 0.2) is 24.5 Å². The number of thiazole rings is 1. The second-order valence-corrected chi connectivity index (χ2v) is 9.58. The Morgan fingerprint density at radius 1 is 1.08 bits per heavy atom. The number of rotatable bonds is 4. The van der Waals surface area contributed by atoms with E-state index in [-0.39, 0.29) is 52.3 Å². The topological polar surface area (TPSA) is 95.5 Å². The normalized spacial score (nSPS) is 17.4. The molecule has 1 N–H and O–H groups in total. The Balaban J connectivity index is 1.57. The van der Waals surface area contributed by atoms with Gasteiger partial charge in [-0.15, -0.1) is 0 Å². The second-order valence-electron chi connectivity index (χ2n) is 8.58. The standard InChI is InChI=1S/C23H19F5N4O4S/c1-34-18-14(19(35-2)30-10-29-18)17(33)32-20-31-15-12-4-3-11(23(26,27)28)9-13(12)36-21(16(15)37-20)5-7-22(24,25)8-6-21/h3-4,9-10H,5-8H2,1-2H3,(H,31,32,33). The van der Waals surface area contributed by atoms with Gasteiger partial charge in [0.1, 0.15) is 17.7 Å². The summed E-state index contributed by atoms with van der Waals surface area (Å²) in [5.41, 5.74) is -1.80. The van der Waals surface area contributed by atoms with E-state index in [1.165, 1.54) is 20.3 Å². The van der Waals surface area contributed by atoms with Crippen molar-refractivity contribution in [2.45, 2.75) is 43.4 Å². The summed E-state index contributed by atoms with van der Waals surface area (Å²) in [5.74, 6) is -3.82. The first kappa shape index (κ1) is 25.1. The maximum atomic E-state index is 14.0. The first-order valence-corrected chi connectivity index (χ1v) is 11.8. The van der Waals surface area contributed by atoms with E-state index in [0.29, 0.717) is 4.88 Å². The summed E-state index contributed by atoms with van der Waals surface area (Å²) in [4.78, 5) is 25.8. The van der Waals surface area contributed by atoms with Crippen molar-refractivity contribution in [1.29, 1.82) is 0 Å². The number of aromatic nitrogens is 3. The highest BCUT2D eigenvalue weighted by Crippen LogP contribution is 2.56. The van der Waals surface area contributed by atoms with Crippen molar-refractivity contribution in [1.82, 2.24) is 15.0 Å². The molecule has 1 aromatic carbocycles. The number of carbonyl (C=O) groups excluding carboxylic acids is 1. The number of fused-ring (bicyclic) bond motifs is 4. The number of benzene rings is 1. The average molecular weight is 542 g/mol. The number of nitrogens with one attached hydrogen (secondary N) is 1. The molecule has 0 atom stereocenters. The Bertz CT molecular complexity index is 1350. The van der Waals surface area contributed by atoms with Crippen LogP contribution in [0.1, 0.15) is 46.5 Å². The summed E-state index contributed by atoms with van der Waals surface area (Å²) in [5, 5.41) is 2.69. The van der Waals surface area contributed by atoms with Crippen molar-refractivity contribution in [3.8, 4) is 28.8 Å². The fourth-order valence-electron chi connectivity index (χ4n) is 4.47. The third kappa shape index (κ3) is 4.43. The quantitative estimate of drug-likeness (QED) is 0.424. The van der Waals surface area contributed by atoms with Crippen molar-refractivity contribution in [3.63, 3.8) is 0 Å². The predicted molar refractivity (Wildman–Crippen MR) is 121 cm³/mol. The van der Waals surface area contributed by atoms with Crippen LogP contribution < -0.4 is 19.5 Å². The molecule has 1 saturated carbocycles. The molecule has 1 fully saturated rings. The fraction of sp³-hybridized carbons (Fsp3) is 0.391. The Kier molecular flexibility index (Phi) is 5.96. The van der Waals surface area contributed by atoms with Gasteiger partial charge in [0, 0.05) is 18.4 Å². The molecule has 0 bridgehead atoms. The molecule has 14 heteroatoms. The molecule has 1 aliphatic heterocycles. The van der Waals surface area contributed by atoms with Crippen LogP contribution in [0.4, 0.5) is 27.1 Å². The highest BCUT2D eigenvalue weighted by atomic mass is 32.1. The number of amides is 1. The van der Waals surface area contributed by atoms with E-state index in [1.807, 2.05) is 0 Å². The van der Waals surface area contributed by atoms with Gasteiger partial charge in [-0.1, -0.05) is 11.3 Å². The molecule has 0 radical (unpaired) electrons. The van der Waals surface area contributed by atoms with E-state index in [1.54, 1.807) is 0 Å². The van der Waals surface area contributed by atoms with Gasteiger partial charge in [-0.3, -0.25) is 10.1 Å². The van der Waals surface area contributed by atoms with Gasteiger partial charge < -0.3 is 14.2 Å². The zero-order valence-electron chi connectivity index (χ0n) is 19.4. The van der Waals surface area contributed by atoms with Gasteiger partial charge in [-0.05, 0) is 31.0 Å². The maximum Gasteiger partial charge on any atom is 0.416 e. The molecule has 5 rings (SSSR count). The summed E-state index contributed by atoms with van der Waals surface area (Å²) in [6, 6.07) is 2.97. The largest absolute Gasteiger partial charge is 0.481 e. The summed E-state index contributed by atoms with van der Waals surface area (Å²) >= 11 is 1.01. The third-order valence-corrected chi connectivity index (χ3v) is 7.47. The SMILES string of the molecule is COc1ncnc(OC)c1C(=O)Nc1nc2c(s1)C1(CCC(F)(F)CC1)Oc1cc(C(F)(F)F)ccc1-2. The lowest BCUT2D eigenvalue weighted by Gasteiger charge is -2.42. The number of hydrogen-bond donors (Lipinski definition) is 1. The van der Waals surface area contributed by atoms with E-state index >= 15 is 0 Å². The summed E-state index contributed by atoms with van der Waals surface area (Å²) in [6.07, 6.45) is -4.74. The molecule has 0 saturated heterocycles. The Morgan fingerprint density at radius 3 is 2.32 bits per heavy atom. The van der Waals surface area contributed by atoms with E-state index < -0.39 is 42.0 Å². The lowest BCUT2D eigenvalue weighted by Crippen LogP contribution is -2.42. The lowest BCUT2D eigenvalue weighted by molar-refractivity contribution is -0.138. The first-order chi connectivity index (χ1) is 17.5. The van der Waals surface area contributed by atoms with Crippen LogP contribution in [0.5, 0.6) is 17.5 Å². The van der Waals surface area contributed by atoms with Gasteiger partial charge in [0.2, 0.25) is 17.7 Å². The van der Waals surface area contributed by atoms with Gasteiger partial charge in [0.15, 0.2) is 10.7 Å². The zero-order chi connectivity index (χ0) is 26.6. The highest BCUT2D eigenvalue weighted by molar-refractivity contribution is 7.16. The van der Waals surface area contributed by atoms with Crippen LogP contribution in [0.25, 0.3) is 11.3 Å². The minimum absolute atomic E-state index is 0.0509. The summed E-state index contributed by atoms with van der Waals surface area (Å²) in [7, 11) is 2.62. The molecule has 3 aromatic rings. The monoisotopic (exact) mass is 542 g/mol. The molecule has 8 nitrogen and oxygen atoms in total. The number of methoxy groups -OCH3 is 2. The van der Waals surface area contributed by atoms with Crippen LogP contribution >= 0.6 is 11.3 Å². The van der Waals surface area contributed by atoms with Crippen molar-refractivity contribution in [2.24, 2.45) is 0 Å². The minimum Gasteiger partial charge on any atom is -0.481 e. The van der Waals surface area contributed by atoms with Crippen LogP contribution in [0, 0.1) is 0 Å². The van der Waals surface area contributed by atoms with Gasteiger partial charge in [-0.2, -0.15) is 13.2 Å². The van der Waals surface area contributed by atoms with E-state index in [2.05, 4.69) is 20.3 Å². The number of ether oxygens (including phenoxy) is 3. The van der Waals surface area contributed by atoms with E-state index in [4.69, 9.17) is 14.2 Å². The molecule has 2 aliphatic rings. The van der Waals surface area contributed by atoms with Crippen LogP contribution in [-0.2, 0) is 11.8 Å². The zero-order valence-corrected chi connectivity index (χ0v) is 20.2. The second kappa shape index (κ2) is 8.78. The minimum atomic E-state index is -4.62. The molecule has 196 valence electrons. The third-order valence-electron chi connectivity index (χ3n) is 6.31. The molecule has 37 heavy (non-hydrogen) atoms. The number of halogens is 5. The number of carbonyl (C=O) groups is 1. The van der Waals surface area contributed by atoms with Crippen LogP contribution in [-0.4, -0.2) is 41.0 Å². The van der Waals surface area contributed by atoms with E-state index in [0.717, 1.165) is 29.8 Å². The number of anilines is 1. The molecule has 1 aliphatic carbocycles. The predicted octanol–water partition coefficient (Wildman–Crippen LogP) is 5.69. The van der Waals surface area contributed by atoms with Gasteiger partial charge >= 0.3 is 6.18 Å². The molecule has 1 spiro atoms. The summed E-state index contributed by atoms with van der Waals surface area (Å²) < 4.78 is 84.5. The fourth-order valence-corrected chi connectivity index (χ4v) is 5.63.